The van der Waals surface area contributed by atoms with Crippen LogP contribution in [0.1, 0.15) is 11.1 Å². The summed E-state index contributed by atoms with van der Waals surface area (Å²) in [5.41, 5.74) is 2.60. The van der Waals surface area contributed by atoms with Crippen molar-refractivity contribution in [1.82, 2.24) is 4.90 Å². The first-order valence-corrected chi connectivity index (χ1v) is 5.40. The van der Waals surface area contributed by atoms with Crippen molar-refractivity contribution in [3.63, 3.8) is 0 Å². The van der Waals surface area contributed by atoms with Crippen molar-refractivity contribution in [2.45, 2.75) is 6.54 Å². The molecular weight excluding hydrogens is 222 g/mol. The lowest BCUT2D eigenvalue weighted by atomic mass is 10.1. The molecule has 0 amide bonds. The van der Waals surface area contributed by atoms with E-state index < -0.39 is 0 Å². The molecule has 0 bridgehead atoms. The summed E-state index contributed by atoms with van der Waals surface area (Å²) in [4.78, 5) is 2.42. The second-order valence-electron chi connectivity index (χ2n) is 3.79. The lowest BCUT2D eigenvalue weighted by Gasteiger charge is -2.27. The van der Waals surface area contributed by atoms with Gasteiger partial charge < -0.3 is 4.74 Å². The first kappa shape index (κ1) is 13.2. The number of benzene rings is 1. The summed E-state index contributed by atoms with van der Waals surface area (Å²) in [5.74, 6) is 0. The minimum atomic E-state index is 0. The maximum Gasteiger partial charge on any atom is 0.0594 e. The van der Waals surface area contributed by atoms with E-state index in [0.717, 1.165) is 32.8 Å². The zero-order valence-corrected chi connectivity index (χ0v) is 10.2. The van der Waals surface area contributed by atoms with Gasteiger partial charge in [-0.05, 0) is 11.1 Å². The number of ether oxygens (including phenoxy) is 1. The van der Waals surface area contributed by atoms with E-state index in [-0.39, 0.29) is 12.4 Å². The van der Waals surface area contributed by atoms with Gasteiger partial charge in [-0.15, -0.1) is 12.4 Å². The normalized spacial score (nSPS) is 16.5. The summed E-state index contributed by atoms with van der Waals surface area (Å²) < 4.78 is 5.33. The Kier molecular flexibility index (Phi) is 5.53. The molecule has 1 aliphatic rings. The van der Waals surface area contributed by atoms with Gasteiger partial charge in [0.05, 0.1) is 13.2 Å². The maximum atomic E-state index is 5.33. The Balaban J connectivity index is 0.00000128. The highest BCUT2D eigenvalue weighted by Gasteiger charge is 2.11. The van der Waals surface area contributed by atoms with E-state index >= 15 is 0 Å². The van der Waals surface area contributed by atoms with Crippen molar-refractivity contribution >= 4 is 18.5 Å². The molecule has 0 aromatic heterocycles. The molecule has 0 N–H and O–H groups in total. The molecule has 1 aromatic rings. The first-order chi connectivity index (χ1) is 7.40. The van der Waals surface area contributed by atoms with Crippen molar-refractivity contribution in [3.8, 4) is 0 Å². The molecule has 2 nitrogen and oxygen atoms in total. The summed E-state index contributed by atoms with van der Waals surface area (Å²) in [6.07, 6.45) is 1.93. The Hall–Kier alpha value is -0.830. The van der Waals surface area contributed by atoms with E-state index in [1.165, 1.54) is 11.1 Å². The Bertz CT molecular complexity index is 334. The van der Waals surface area contributed by atoms with Crippen molar-refractivity contribution in [2.24, 2.45) is 0 Å². The van der Waals surface area contributed by atoms with Crippen LogP contribution in [0.15, 0.2) is 30.8 Å². The summed E-state index contributed by atoms with van der Waals surface area (Å²) in [6, 6.07) is 8.43. The van der Waals surface area contributed by atoms with Crippen LogP contribution in [-0.4, -0.2) is 31.2 Å². The number of hydrogen-bond acceptors (Lipinski definition) is 2. The fourth-order valence-corrected chi connectivity index (χ4v) is 1.88. The topological polar surface area (TPSA) is 12.5 Å². The largest absolute Gasteiger partial charge is 0.379 e. The van der Waals surface area contributed by atoms with Gasteiger partial charge in [0.2, 0.25) is 0 Å². The predicted molar refractivity (Wildman–Crippen MR) is 69.9 cm³/mol. The molecule has 0 saturated carbocycles. The number of halogens is 1. The fraction of sp³-hybridized carbons (Fsp3) is 0.385. The standard InChI is InChI=1S/C13H17NO.ClH/c1-2-12-5-3-4-6-13(12)11-14-7-9-15-10-8-14;/h2-6H,1,7-11H2;1H. The minimum Gasteiger partial charge on any atom is -0.379 e. The van der Waals surface area contributed by atoms with Crippen LogP contribution in [0, 0.1) is 0 Å². The summed E-state index contributed by atoms with van der Waals surface area (Å²) >= 11 is 0. The molecule has 1 aromatic carbocycles. The Morgan fingerprint density at radius 2 is 1.94 bits per heavy atom. The van der Waals surface area contributed by atoms with Crippen LogP contribution >= 0.6 is 12.4 Å². The average Bonchev–Trinajstić information content (AvgIpc) is 2.31. The molecule has 16 heavy (non-hydrogen) atoms. The van der Waals surface area contributed by atoms with Crippen molar-refractivity contribution < 1.29 is 4.74 Å². The van der Waals surface area contributed by atoms with Gasteiger partial charge in [-0.2, -0.15) is 0 Å². The Morgan fingerprint density at radius 3 is 2.62 bits per heavy atom. The maximum absolute atomic E-state index is 5.33. The number of rotatable bonds is 3. The zero-order chi connectivity index (χ0) is 10.5. The van der Waals surface area contributed by atoms with Gasteiger partial charge >= 0.3 is 0 Å². The third kappa shape index (κ3) is 3.34. The molecule has 1 aliphatic heterocycles. The van der Waals surface area contributed by atoms with Gasteiger partial charge in [0.25, 0.3) is 0 Å². The van der Waals surface area contributed by atoms with Gasteiger partial charge in [-0.1, -0.05) is 36.9 Å². The molecule has 1 heterocycles. The van der Waals surface area contributed by atoms with E-state index in [2.05, 4.69) is 35.7 Å². The van der Waals surface area contributed by atoms with E-state index in [1.807, 2.05) is 6.08 Å². The molecule has 0 radical (unpaired) electrons. The smallest absolute Gasteiger partial charge is 0.0594 e. The lowest BCUT2D eigenvalue weighted by molar-refractivity contribution is 0.0341. The van der Waals surface area contributed by atoms with Crippen LogP contribution in [0.3, 0.4) is 0 Å². The monoisotopic (exact) mass is 239 g/mol. The molecule has 0 aliphatic carbocycles. The van der Waals surface area contributed by atoms with Crippen LogP contribution in [0.5, 0.6) is 0 Å². The summed E-state index contributed by atoms with van der Waals surface area (Å²) in [7, 11) is 0. The van der Waals surface area contributed by atoms with Gasteiger partial charge in [-0.3, -0.25) is 4.90 Å². The zero-order valence-electron chi connectivity index (χ0n) is 9.39. The molecule has 2 rings (SSSR count). The Morgan fingerprint density at radius 1 is 1.25 bits per heavy atom. The van der Waals surface area contributed by atoms with E-state index in [9.17, 15) is 0 Å². The van der Waals surface area contributed by atoms with Crippen LogP contribution in [0.25, 0.3) is 6.08 Å². The second-order valence-corrected chi connectivity index (χ2v) is 3.79. The molecule has 1 saturated heterocycles. The van der Waals surface area contributed by atoms with Gasteiger partial charge in [0.1, 0.15) is 0 Å². The highest BCUT2D eigenvalue weighted by atomic mass is 35.5. The molecule has 88 valence electrons. The van der Waals surface area contributed by atoms with Crippen molar-refractivity contribution in [2.75, 3.05) is 26.3 Å². The van der Waals surface area contributed by atoms with Crippen LogP contribution in [-0.2, 0) is 11.3 Å². The van der Waals surface area contributed by atoms with Crippen LogP contribution in [0.4, 0.5) is 0 Å². The molecule has 0 unspecified atom stereocenters. The molecular formula is C13H18ClNO. The third-order valence-corrected chi connectivity index (χ3v) is 2.77. The highest BCUT2D eigenvalue weighted by Crippen LogP contribution is 2.13. The fourth-order valence-electron chi connectivity index (χ4n) is 1.88. The van der Waals surface area contributed by atoms with Crippen molar-refractivity contribution in [1.29, 1.82) is 0 Å². The number of hydrogen-bond donors (Lipinski definition) is 0. The van der Waals surface area contributed by atoms with Gasteiger partial charge in [0.15, 0.2) is 0 Å². The molecule has 3 heteroatoms. The predicted octanol–water partition coefficient (Wildman–Crippen LogP) is 2.58. The Labute approximate surface area is 103 Å². The average molecular weight is 240 g/mol. The summed E-state index contributed by atoms with van der Waals surface area (Å²) in [5, 5.41) is 0. The highest BCUT2D eigenvalue weighted by molar-refractivity contribution is 5.85. The lowest BCUT2D eigenvalue weighted by Crippen LogP contribution is -2.35. The van der Waals surface area contributed by atoms with E-state index in [1.54, 1.807) is 0 Å². The summed E-state index contributed by atoms with van der Waals surface area (Å²) in [6.45, 7) is 8.63. The first-order valence-electron chi connectivity index (χ1n) is 5.40. The molecule has 1 fully saturated rings. The van der Waals surface area contributed by atoms with Crippen LogP contribution in [0.2, 0.25) is 0 Å². The second kappa shape index (κ2) is 6.69. The minimum absolute atomic E-state index is 0. The van der Waals surface area contributed by atoms with Gasteiger partial charge in [0, 0.05) is 19.6 Å². The van der Waals surface area contributed by atoms with Gasteiger partial charge in [-0.25, -0.2) is 0 Å². The van der Waals surface area contributed by atoms with Crippen molar-refractivity contribution in [3.05, 3.63) is 42.0 Å². The quantitative estimate of drug-likeness (QED) is 0.804. The molecule has 0 atom stereocenters. The third-order valence-electron chi connectivity index (χ3n) is 2.77. The van der Waals surface area contributed by atoms with E-state index in [0.29, 0.717) is 0 Å². The SMILES string of the molecule is C=Cc1ccccc1CN1CCOCC1.Cl. The number of morpholine rings is 1. The number of nitrogens with zero attached hydrogens (tertiary/aromatic N) is 1. The molecule has 0 spiro atoms. The van der Waals surface area contributed by atoms with Crippen LogP contribution < -0.4 is 0 Å². The van der Waals surface area contributed by atoms with E-state index in [4.69, 9.17) is 4.74 Å².